The maximum absolute atomic E-state index is 11.1. The summed E-state index contributed by atoms with van der Waals surface area (Å²) >= 11 is 3.45. The molecule has 0 bridgehead atoms. The van der Waals surface area contributed by atoms with Crippen LogP contribution in [0.15, 0.2) is 28.7 Å². The summed E-state index contributed by atoms with van der Waals surface area (Å²) in [6, 6.07) is 8.21. The van der Waals surface area contributed by atoms with Gasteiger partial charge < -0.3 is 9.67 Å². The van der Waals surface area contributed by atoms with E-state index in [4.69, 9.17) is 5.11 Å². The second kappa shape index (κ2) is 7.58. The van der Waals surface area contributed by atoms with Crippen molar-refractivity contribution in [2.24, 2.45) is 0 Å². The molecule has 1 aromatic carbocycles. The maximum atomic E-state index is 11.1. The van der Waals surface area contributed by atoms with E-state index < -0.39 is 5.97 Å². The first-order chi connectivity index (χ1) is 10.5. The Hall–Kier alpha value is -1.62. The minimum Gasteiger partial charge on any atom is -0.481 e. The number of nitrogens with zero attached hydrogens (tertiary/aromatic N) is 2. The Balaban J connectivity index is 2.39. The molecule has 1 aromatic heterocycles. The Bertz CT molecular complexity index is 647. The van der Waals surface area contributed by atoms with Gasteiger partial charge in [-0.15, -0.1) is 0 Å². The number of halogens is 1. The van der Waals surface area contributed by atoms with Crippen LogP contribution in [-0.2, 0) is 30.6 Å². The van der Waals surface area contributed by atoms with E-state index in [1.807, 2.05) is 12.1 Å². The predicted molar refractivity (Wildman–Crippen MR) is 90.2 cm³/mol. The van der Waals surface area contributed by atoms with Gasteiger partial charge in [0.2, 0.25) is 0 Å². The number of hydrogen-bond acceptors (Lipinski definition) is 2. The van der Waals surface area contributed by atoms with Gasteiger partial charge in [0.15, 0.2) is 0 Å². The Morgan fingerprint density at radius 3 is 2.50 bits per heavy atom. The highest BCUT2D eigenvalue weighted by Crippen LogP contribution is 2.19. The van der Waals surface area contributed by atoms with Crippen molar-refractivity contribution in [2.45, 2.75) is 46.1 Å². The van der Waals surface area contributed by atoms with E-state index in [9.17, 15) is 4.79 Å². The van der Waals surface area contributed by atoms with Gasteiger partial charge in [-0.2, -0.15) is 0 Å². The number of imidazole rings is 1. The third-order valence-corrected chi connectivity index (χ3v) is 4.14. The lowest BCUT2D eigenvalue weighted by Gasteiger charge is -2.12. The number of rotatable bonds is 7. The van der Waals surface area contributed by atoms with Crippen molar-refractivity contribution in [1.82, 2.24) is 9.55 Å². The molecule has 22 heavy (non-hydrogen) atoms. The highest BCUT2D eigenvalue weighted by atomic mass is 79.9. The molecule has 2 rings (SSSR count). The number of carbonyl (C=O) groups is 1. The molecule has 0 spiro atoms. The zero-order valence-corrected chi connectivity index (χ0v) is 14.6. The summed E-state index contributed by atoms with van der Waals surface area (Å²) < 4.78 is 3.24. The van der Waals surface area contributed by atoms with Crippen LogP contribution in [0.5, 0.6) is 0 Å². The first-order valence-corrected chi connectivity index (χ1v) is 8.37. The average molecular weight is 365 g/mol. The van der Waals surface area contributed by atoms with E-state index >= 15 is 0 Å². The van der Waals surface area contributed by atoms with Crippen molar-refractivity contribution in [3.05, 3.63) is 51.5 Å². The van der Waals surface area contributed by atoms with E-state index in [1.165, 1.54) is 5.56 Å². The predicted octanol–water partition coefficient (Wildman–Crippen LogP) is 3.84. The van der Waals surface area contributed by atoms with Crippen LogP contribution >= 0.6 is 15.9 Å². The summed E-state index contributed by atoms with van der Waals surface area (Å²) in [6.07, 6.45) is 2.64. The second-order valence-corrected chi connectivity index (χ2v) is 6.22. The largest absolute Gasteiger partial charge is 0.481 e. The first-order valence-electron chi connectivity index (χ1n) is 7.58. The molecule has 0 unspecified atom stereocenters. The molecule has 5 heteroatoms. The topological polar surface area (TPSA) is 55.1 Å². The molecular formula is C17H21BrN2O2. The SMILES string of the molecule is CCCc1nc(CC(=O)O)c(CC)n1Cc1ccc(Br)cc1. The Morgan fingerprint density at radius 2 is 1.95 bits per heavy atom. The number of aromatic nitrogens is 2. The Labute approximate surface area is 139 Å². The summed E-state index contributed by atoms with van der Waals surface area (Å²) in [6.45, 7) is 4.90. The van der Waals surface area contributed by atoms with Gasteiger partial charge in [-0.1, -0.05) is 41.9 Å². The van der Waals surface area contributed by atoms with Gasteiger partial charge in [0.25, 0.3) is 0 Å². The average Bonchev–Trinajstić information content (AvgIpc) is 2.78. The van der Waals surface area contributed by atoms with Gasteiger partial charge in [0.1, 0.15) is 5.82 Å². The van der Waals surface area contributed by atoms with E-state index in [-0.39, 0.29) is 6.42 Å². The van der Waals surface area contributed by atoms with Gasteiger partial charge in [-0.3, -0.25) is 4.79 Å². The molecule has 2 aromatic rings. The van der Waals surface area contributed by atoms with E-state index in [2.05, 4.69) is 51.5 Å². The monoisotopic (exact) mass is 364 g/mol. The molecular weight excluding hydrogens is 344 g/mol. The van der Waals surface area contributed by atoms with Gasteiger partial charge in [0, 0.05) is 23.1 Å². The number of carboxylic acid groups (broad SMARTS) is 1. The number of hydrogen-bond donors (Lipinski definition) is 1. The van der Waals surface area contributed by atoms with Crippen LogP contribution < -0.4 is 0 Å². The summed E-state index contributed by atoms with van der Waals surface area (Å²) in [5, 5.41) is 9.08. The third-order valence-electron chi connectivity index (χ3n) is 3.62. The Morgan fingerprint density at radius 1 is 1.27 bits per heavy atom. The highest BCUT2D eigenvalue weighted by Gasteiger charge is 2.17. The fourth-order valence-corrected chi connectivity index (χ4v) is 2.91. The minimum atomic E-state index is -0.828. The molecule has 0 saturated heterocycles. The van der Waals surface area contributed by atoms with Crippen LogP contribution in [0, 0.1) is 0 Å². The molecule has 118 valence electrons. The number of benzene rings is 1. The zero-order valence-electron chi connectivity index (χ0n) is 13.0. The zero-order chi connectivity index (χ0) is 16.1. The van der Waals surface area contributed by atoms with Gasteiger partial charge >= 0.3 is 5.97 Å². The molecule has 0 saturated carbocycles. The quantitative estimate of drug-likeness (QED) is 0.811. The standard InChI is InChI=1S/C17H21BrN2O2/c1-3-5-16-19-14(10-17(21)22)15(4-2)20(16)11-12-6-8-13(18)9-7-12/h6-9H,3-5,10-11H2,1-2H3,(H,21,22). The fraction of sp³-hybridized carbons (Fsp3) is 0.412. The Kier molecular flexibility index (Phi) is 5.77. The lowest BCUT2D eigenvalue weighted by molar-refractivity contribution is -0.136. The van der Waals surface area contributed by atoms with Gasteiger partial charge in [-0.05, 0) is 30.5 Å². The van der Waals surface area contributed by atoms with Crippen molar-refractivity contribution in [3.8, 4) is 0 Å². The lowest BCUT2D eigenvalue weighted by atomic mass is 10.2. The van der Waals surface area contributed by atoms with Gasteiger partial charge in [0.05, 0.1) is 12.1 Å². The molecule has 1 N–H and O–H groups in total. The number of aryl methyl sites for hydroxylation is 1. The molecule has 0 aliphatic heterocycles. The van der Waals surface area contributed by atoms with Gasteiger partial charge in [-0.25, -0.2) is 4.98 Å². The molecule has 0 aliphatic rings. The highest BCUT2D eigenvalue weighted by molar-refractivity contribution is 9.10. The third kappa shape index (κ3) is 3.97. The normalized spacial score (nSPS) is 10.9. The van der Waals surface area contributed by atoms with E-state index in [0.717, 1.165) is 41.8 Å². The summed E-state index contributed by atoms with van der Waals surface area (Å²) in [4.78, 5) is 15.7. The molecule has 0 amide bonds. The molecule has 0 fully saturated rings. The maximum Gasteiger partial charge on any atom is 0.309 e. The van der Waals surface area contributed by atoms with Crippen molar-refractivity contribution >= 4 is 21.9 Å². The second-order valence-electron chi connectivity index (χ2n) is 5.31. The molecule has 4 nitrogen and oxygen atoms in total. The van der Waals surface area contributed by atoms with Crippen LogP contribution in [0.3, 0.4) is 0 Å². The lowest BCUT2D eigenvalue weighted by Crippen LogP contribution is -2.09. The molecule has 1 heterocycles. The van der Waals surface area contributed by atoms with Crippen LogP contribution in [-0.4, -0.2) is 20.6 Å². The molecule has 0 aliphatic carbocycles. The van der Waals surface area contributed by atoms with Crippen molar-refractivity contribution in [3.63, 3.8) is 0 Å². The van der Waals surface area contributed by atoms with Crippen LogP contribution in [0.2, 0.25) is 0 Å². The van der Waals surface area contributed by atoms with Crippen LogP contribution in [0.1, 0.15) is 43.0 Å². The fourth-order valence-electron chi connectivity index (χ4n) is 2.65. The smallest absolute Gasteiger partial charge is 0.309 e. The van der Waals surface area contributed by atoms with Crippen LogP contribution in [0.25, 0.3) is 0 Å². The molecule has 0 atom stereocenters. The van der Waals surface area contributed by atoms with E-state index in [1.54, 1.807) is 0 Å². The molecule has 0 radical (unpaired) electrons. The summed E-state index contributed by atoms with van der Waals surface area (Å²) in [5.41, 5.74) is 2.93. The van der Waals surface area contributed by atoms with Crippen molar-refractivity contribution in [2.75, 3.05) is 0 Å². The number of carboxylic acids is 1. The first kappa shape index (κ1) is 16.7. The summed E-state index contributed by atoms with van der Waals surface area (Å²) in [7, 11) is 0. The van der Waals surface area contributed by atoms with E-state index in [0.29, 0.717) is 5.69 Å². The summed E-state index contributed by atoms with van der Waals surface area (Å²) in [5.74, 6) is 0.157. The number of aliphatic carboxylic acids is 1. The minimum absolute atomic E-state index is 0.00672. The van der Waals surface area contributed by atoms with Crippen LogP contribution in [0.4, 0.5) is 0 Å². The van der Waals surface area contributed by atoms with Crippen molar-refractivity contribution in [1.29, 1.82) is 0 Å². The van der Waals surface area contributed by atoms with Crippen molar-refractivity contribution < 1.29 is 9.90 Å².